The van der Waals surface area contributed by atoms with Crippen molar-refractivity contribution in [3.8, 4) is 0 Å². The molecule has 0 amide bonds. The zero-order chi connectivity index (χ0) is 18.9. The van der Waals surface area contributed by atoms with E-state index in [1.54, 1.807) is 0 Å². The van der Waals surface area contributed by atoms with Gasteiger partial charge in [-0.1, -0.05) is 0 Å². The molecule has 0 saturated heterocycles. The number of fused-ring (bicyclic) bond motifs is 5. The number of hydrogen-bond donors (Lipinski definition) is 3. The van der Waals surface area contributed by atoms with Gasteiger partial charge in [-0.3, -0.25) is 10.7 Å². The van der Waals surface area contributed by atoms with Gasteiger partial charge in [0.15, 0.2) is 0 Å². The highest BCUT2D eigenvalue weighted by Crippen LogP contribution is 2.27. The van der Waals surface area contributed by atoms with Gasteiger partial charge in [-0.05, 0) is 72.4 Å². The molecule has 0 saturated carbocycles. The van der Waals surface area contributed by atoms with E-state index in [1.165, 1.54) is 6.20 Å². The Hall–Kier alpha value is -3.77. The molecule has 136 valence electrons. The van der Waals surface area contributed by atoms with Gasteiger partial charge >= 0.3 is 0 Å². The Labute approximate surface area is 162 Å². The molecule has 8 bridgehead atoms. The van der Waals surface area contributed by atoms with Gasteiger partial charge in [0.05, 0.1) is 34.2 Å². The van der Waals surface area contributed by atoms with Gasteiger partial charge in [0.1, 0.15) is 0 Å². The molecule has 28 heavy (non-hydrogen) atoms. The van der Waals surface area contributed by atoms with Gasteiger partial charge in [-0.15, -0.1) is 0 Å². The molecule has 0 aromatic rings. The fourth-order valence-corrected chi connectivity index (χ4v) is 3.40. The molecule has 0 radical (unpaired) electrons. The van der Waals surface area contributed by atoms with E-state index in [2.05, 4.69) is 25.8 Å². The fraction of sp³-hybridized carbons (Fsp3) is 0.0455. The standard InChI is InChI=1S/C22H17N5O/c28-23-8-7-14-9-21-12-19-4-3-17(25-19)10-15-1-2-16(24-15)11-18-5-6-20(26-18)13-22(14)27-21/h1-8,10-13,23,27-28H,9H2. The minimum atomic E-state index is 0.711. The first kappa shape index (κ1) is 16.4. The summed E-state index contributed by atoms with van der Waals surface area (Å²) < 4.78 is 0. The van der Waals surface area contributed by atoms with Crippen LogP contribution in [0.25, 0.3) is 0 Å². The van der Waals surface area contributed by atoms with Crippen LogP contribution < -0.4 is 10.8 Å². The molecule has 5 rings (SSSR count). The van der Waals surface area contributed by atoms with Crippen LogP contribution in [0.5, 0.6) is 0 Å². The van der Waals surface area contributed by atoms with Crippen LogP contribution in [-0.2, 0) is 0 Å². The molecule has 0 spiro atoms. The fourth-order valence-electron chi connectivity index (χ4n) is 3.40. The summed E-state index contributed by atoms with van der Waals surface area (Å²) in [6.07, 6.45) is 23.9. The van der Waals surface area contributed by atoms with Crippen molar-refractivity contribution in [1.29, 1.82) is 0 Å². The molecule has 0 aliphatic carbocycles. The maximum Gasteiger partial charge on any atom is 0.0659 e. The molecule has 0 aromatic carbocycles. The third-order valence-corrected chi connectivity index (χ3v) is 4.64. The second-order valence-electron chi connectivity index (χ2n) is 6.69. The highest BCUT2D eigenvalue weighted by atomic mass is 16.5. The van der Waals surface area contributed by atoms with Crippen LogP contribution in [0.2, 0.25) is 0 Å². The Morgan fingerprint density at radius 1 is 0.786 bits per heavy atom. The molecular weight excluding hydrogens is 350 g/mol. The third-order valence-electron chi connectivity index (χ3n) is 4.64. The number of nitrogens with zero attached hydrogens (tertiary/aromatic N) is 3. The number of aliphatic imine (C=N–C) groups is 3. The summed E-state index contributed by atoms with van der Waals surface area (Å²) in [5.74, 6) is 0. The van der Waals surface area contributed by atoms with Crippen LogP contribution >= 0.6 is 0 Å². The van der Waals surface area contributed by atoms with E-state index in [0.29, 0.717) is 6.42 Å². The Balaban J connectivity index is 1.61. The third kappa shape index (κ3) is 3.28. The van der Waals surface area contributed by atoms with Gasteiger partial charge in [0.2, 0.25) is 0 Å². The minimum Gasteiger partial charge on any atom is -0.358 e. The Kier molecular flexibility index (Phi) is 3.96. The van der Waals surface area contributed by atoms with E-state index in [-0.39, 0.29) is 0 Å². The first-order chi connectivity index (χ1) is 13.7. The van der Waals surface area contributed by atoms with Crippen LogP contribution in [0.15, 0.2) is 122 Å². The zero-order valence-corrected chi connectivity index (χ0v) is 14.9. The van der Waals surface area contributed by atoms with Gasteiger partial charge < -0.3 is 5.32 Å². The van der Waals surface area contributed by atoms with Crippen molar-refractivity contribution >= 4 is 17.1 Å². The molecule has 6 heteroatoms. The van der Waals surface area contributed by atoms with Crippen LogP contribution in [0.3, 0.4) is 0 Å². The van der Waals surface area contributed by atoms with Gasteiger partial charge in [-0.2, -0.15) is 0 Å². The van der Waals surface area contributed by atoms with E-state index in [9.17, 15) is 0 Å². The van der Waals surface area contributed by atoms with Crippen LogP contribution in [0, 0.1) is 0 Å². The normalized spacial score (nSPS) is 22.0. The molecular formula is C22H17N5O. The first-order valence-corrected chi connectivity index (χ1v) is 8.97. The number of allylic oxidation sites excluding steroid dienone is 12. The first-order valence-electron chi connectivity index (χ1n) is 8.97. The van der Waals surface area contributed by atoms with E-state index >= 15 is 0 Å². The molecule has 5 aliphatic heterocycles. The maximum atomic E-state index is 8.90. The van der Waals surface area contributed by atoms with E-state index in [0.717, 1.165) is 51.2 Å². The van der Waals surface area contributed by atoms with Crippen LogP contribution in [-0.4, -0.2) is 22.3 Å². The monoisotopic (exact) mass is 367 g/mol. The lowest BCUT2D eigenvalue weighted by Crippen LogP contribution is -2.06. The maximum absolute atomic E-state index is 8.90. The van der Waals surface area contributed by atoms with Crippen molar-refractivity contribution in [2.45, 2.75) is 6.42 Å². The van der Waals surface area contributed by atoms with Crippen molar-refractivity contribution in [3.05, 3.63) is 107 Å². The average molecular weight is 367 g/mol. The van der Waals surface area contributed by atoms with E-state index < -0.39 is 0 Å². The lowest BCUT2D eigenvalue weighted by atomic mass is 10.1. The van der Waals surface area contributed by atoms with Crippen molar-refractivity contribution in [2.24, 2.45) is 15.0 Å². The zero-order valence-electron chi connectivity index (χ0n) is 14.9. The highest BCUT2D eigenvalue weighted by Gasteiger charge is 2.18. The molecule has 5 heterocycles. The predicted octanol–water partition coefficient (Wildman–Crippen LogP) is 3.31. The Morgan fingerprint density at radius 3 is 1.96 bits per heavy atom. The molecule has 6 nitrogen and oxygen atoms in total. The van der Waals surface area contributed by atoms with Crippen molar-refractivity contribution in [3.63, 3.8) is 0 Å². The number of nitrogens with one attached hydrogen (secondary N) is 2. The van der Waals surface area contributed by atoms with Gasteiger partial charge in [0, 0.05) is 24.0 Å². The highest BCUT2D eigenvalue weighted by molar-refractivity contribution is 6.12. The molecule has 0 fully saturated rings. The molecule has 3 N–H and O–H groups in total. The van der Waals surface area contributed by atoms with Crippen molar-refractivity contribution < 1.29 is 5.21 Å². The second-order valence-corrected chi connectivity index (χ2v) is 6.69. The lowest BCUT2D eigenvalue weighted by molar-refractivity contribution is 0.214. The quantitative estimate of drug-likeness (QED) is 0.655. The summed E-state index contributed by atoms with van der Waals surface area (Å²) in [6.45, 7) is 0. The van der Waals surface area contributed by atoms with Gasteiger partial charge in [0.25, 0.3) is 0 Å². The number of hydrogen-bond acceptors (Lipinski definition) is 6. The smallest absolute Gasteiger partial charge is 0.0659 e. The Bertz CT molecular complexity index is 1130. The van der Waals surface area contributed by atoms with E-state index in [1.807, 2.05) is 66.8 Å². The van der Waals surface area contributed by atoms with Crippen LogP contribution in [0.4, 0.5) is 0 Å². The summed E-state index contributed by atoms with van der Waals surface area (Å²) in [5, 5.41) is 12.3. The summed E-state index contributed by atoms with van der Waals surface area (Å²) in [6, 6.07) is 0. The largest absolute Gasteiger partial charge is 0.358 e. The minimum absolute atomic E-state index is 0.711. The number of hydroxylamine groups is 1. The molecule has 0 atom stereocenters. The van der Waals surface area contributed by atoms with Gasteiger partial charge in [-0.25, -0.2) is 15.0 Å². The Morgan fingerprint density at radius 2 is 1.36 bits per heavy atom. The van der Waals surface area contributed by atoms with Crippen LogP contribution in [0.1, 0.15) is 6.42 Å². The van der Waals surface area contributed by atoms with Crippen molar-refractivity contribution in [1.82, 2.24) is 10.8 Å². The van der Waals surface area contributed by atoms with E-state index in [4.69, 9.17) is 5.21 Å². The summed E-state index contributed by atoms with van der Waals surface area (Å²) >= 11 is 0. The van der Waals surface area contributed by atoms with Crippen molar-refractivity contribution in [2.75, 3.05) is 0 Å². The second kappa shape index (κ2) is 6.75. The summed E-state index contributed by atoms with van der Waals surface area (Å²) in [7, 11) is 0. The number of rotatable bonds is 2. The average Bonchev–Trinajstić information content (AvgIpc) is 3.45. The molecule has 0 unspecified atom stereocenters. The topological polar surface area (TPSA) is 81.4 Å². The predicted molar refractivity (Wildman–Crippen MR) is 111 cm³/mol. The SMILES string of the molecule is ONC=CC1=C2C=C3C=CC(=N3)C=C3C=CC(=N3)C=C3C=CC(=N3)C=C(C1)N2. The molecule has 0 aromatic heterocycles. The summed E-state index contributed by atoms with van der Waals surface area (Å²) in [5.41, 5.74) is 10.3. The molecule has 5 aliphatic rings. The summed E-state index contributed by atoms with van der Waals surface area (Å²) in [4.78, 5) is 13.9. The lowest BCUT2D eigenvalue weighted by Gasteiger charge is -2.02.